The summed E-state index contributed by atoms with van der Waals surface area (Å²) in [5.74, 6) is 3.62. The van der Waals surface area contributed by atoms with Crippen molar-refractivity contribution in [3.05, 3.63) is 47.5 Å². The Bertz CT molecular complexity index is 864. The van der Waals surface area contributed by atoms with E-state index >= 15 is 0 Å². The van der Waals surface area contributed by atoms with Crippen molar-refractivity contribution in [1.82, 2.24) is 4.90 Å². The fourth-order valence-electron chi connectivity index (χ4n) is 4.58. The van der Waals surface area contributed by atoms with Crippen molar-refractivity contribution in [2.75, 3.05) is 40.2 Å². The number of methoxy groups -OCH3 is 1. The van der Waals surface area contributed by atoms with Gasteiger partial charge in [0.15, 0.2) is 17.7 Å². The van der Waals surface area contributed by atoms with Gasteiger partial charge in [-0.2, -0.15) is 0 Å². The van der Waals surface area contributed by atoms with E-state index in [0.717, 1.165) is 54.9 Å². The number of hydrogen-bond donors (Lipinski definition) is 0. The third-order valence-electron chi connectivity index (χ3n) is 5.94. The van der Waals surface area contributed by atoms with E-state index in [2.05, 4.69) is 30.0 Å². The normalized spacial score (nSPS) is 26.4. The summed E-state index contributed by atoms with van der Waals surface area (Å²) < 4.78 is 29.0. The molecule has 3 aliphatic heterocycles. The molecule has 0 aromatic heterocycles. The van der Waals surface area contributed by atoms with Gasteiger partial charge in [-0.25, -0.2) is 0 Å². The van der Waals surface area contributed by atoms with Gasteiger partial charge in [-0.3, -0.25) is 4.90 Å². The quantitative estimate of drug-likeness (QED) is 0.811. The van der Waals surface area contributed by atoms with Crippen molar-refractivity contribution in [1.29, 1.82) is 0 Å². The van der Waals surface area contributed by atoms with Crippen LogP contribution in [0.5, 0.6) is 23.0 Å². The van der Waals surface area contributed by atoms with Gasteiger partial charge < -0.3 is 23.7 Å². The van der Waals surface area contributed by atoms with E-state index in [1.807, 2.05) is 18.2 Å². The van der Waals surface area contributed by atoms with Crippen LogP contribution in [0, 0.1) is 5.92 Å². The Hall–Kier alpha value is -2.44. The Morgan fingerprint density at radius 2 is 1.71 bits per heavy atom. The van der Waals surface area contributed by atoms with Crippen molar-refractivity contribution in [2.24, 2.45) is 5.92 Å². The van der Waals surface area contributed by atoms with Crippen LogP contribution in [0.25, 0.3) is 0 Å². The molecule has 1 saturated heterocycles. The lowest BCUT2D eigenvalue weighted by Gasteiger charge is -2.44. The van der Waals surface area contributed by atoms with Crippen molar-refractivity contribution in [3.63, 3.8) is 0 Å². The molecule has 0 amide bonds. The lowest BCUT2D eigenvalue weighted by molar-refractivity contribution is -0.0785. The van der Waals surface area contributed by atoms with E-state index in [1.54, 1.807) is 7.11 Å². The Labute approximate surface area is 164 Å². The second-order valence-electron chi connectivity index (χ2n) is 7.48. The van der Waals surface area contributed by atoms with Crippen LogP contribution in [-0.4, -0.2) is 51.3 Å². The maximum Gasteiger partial charge on any atom is 0.231 e. The highest BCUT2D eigenvalue weighted by Crippen LogP contribution is 2.51. The van der Waals surface area contributed by atoms with Gasteiger partial charge in [0.05, 0.1) is 20.3 Å². The minimum atomic E-state index is -0.0355. The van der Waals surface area contributed by atoms with E-state index in [9.17, 15) is 0 Å². The number of rotatable bonds is 3. The molecule has 6 heteroatoms. The second-order valence-corrected chi connectivity index (χ2v) is 7.48. The molecule has 0 saturated carbocycles. The summed E-state index contributed by atoms with van der Waals surface area (Å²) in [4.78, 5) is 2.38. The molecule has 0 unspecified atom stereocenters. The van der Waals surface area contributed by atoms with Gasteiger partial charge in [0, 0.05) is 42.1 Å². The molecule has 1 fully saturated rings. The molecule has 3 heterocycles. The van der Waals surface area contributed by atoms with Crippen LogP contribution in [0.4, 0.5) is 0 Å². The number of morpholine rings is 1. The van der Waals surface area contributed by atoms with Crippen LogP contribution in [0.15, 0.2) is 36.4 Å². The van der Waals surface area contributed by atoms with E-state index in [4.69, 9.17) is 23.7 Å². The molecule has 28 heavy (non-hydrogen) atoms. The highest BCUT2D eigenvalue weighted by Gasteiger charge is 2.42. The molecule has 5 rings (SSSR count). The van der Waals surface area contributed by atoms with Gasteiger partial charge in [0.2, 0.25) is 6.79 Å². The first-order chi connectivity index (χ1) is 13.8. The third-order valence-corrected chi connectivity index (χ3v) is 5.94. The summed E-state index contributed by atoms with van der Waals surface area (Å²) in [6.45, 7) is 5.71. The van der Waals surface area contributed by atoms with Gasteiger partial charge in [-0.05, 0) is 12.1 Å². The molecular formula is C22H25NO5. The van der Waals surface area contributed by atoms with Crippen LogP contribution in [0.2, 0.25) is 0 Å². The molecule has 148 valence electrons. The molecule has 0 aliphatic carbocycles. The summed E-state index contributed by atoms with van der Waals surface area (Å²) in [7, 11) is 1.73. The predicted molar refractivity (Wildman–Crippen MR) is 103 cm³/mol. The molecule has 2 aromatic rings. The SMILES string of the molecule is COc1ccccc1[C@@H]1c2cc3c(cc2O[C@H](N2CCOCC2)[C@@H]1C)OCO3. The molecule has 0 radical (unpaired) electrons. The molecule has 3 aliphatic rings. The maximum atomic E-state index is 6.53. The van der Waals surface area contributed by atoms with E-state index in [1.165, 1.54) is 5.56 Å². The summed E-state index contributed by atoms with van der Waals surface area (Å²) in [5.41, 5.74) is 2.28. The first-order valence-corrected chi connectivity index (χ1v) is 9.81. The lowest BCUT2D eigenvalue weighted by atomic mass is 9.77. The van der Waals surface area contributed by atoms with Crippen LogP contribution >= 0.6 is 0 Å². The van der Waals surface area contributed by atoms with Gasteiger partial charge in [-0.1, -0.05) is 25.1 Å². The number of hydrogen-bond acceptors (Lipinski definition) is 6. The molecule has 3 atom stereocenters. The van der Waals surface area contributed by atoms with E-state index < -0.39 is 0 Å². The zero-order chi connectivity index (χ0) is 19.1. The van der Waals surface area contributed by atoms with E-state index in [-0.39, 0.29) is 24.9 Å². The lowest BCUT2D eigenvalue weighted by Crippen LogP contribution is -2.52. The summed E-state index contributed by atoms with van der Waals surface area (Å²) in [5, 5.41) is 0. The highest BCUT2D eigenvalue weighted by molar-refractivity contribution is 5.57. The minimum Gasteiger partial charge on any atom is -0.496 e. The fraction of sp³-hybridized carbons (Fsp3) is 0.455. The predicted octanol–water partition coefficient (Wildman–Crippen LogP) is 3.24. The second kappa shape index (κ2) is 7.18. The van der Waals surface area contributed by atoms with Crippen molar-refractivity contribution < 1.29 is 23.7 Å². The first kappa shape index (κ1) is 17.6. The minimum absolute atomic E-state index is 0.0355. The Kier molecular flexibility index (Phi) is 4.53. The first-order valence-electron chi connectivity index (χ1n) is 9.81. The fourth-order valence-corrected chi connectivity index (χ4v) is 4.58. The topological polar surface area (TPSA) is 49.4 Å². The number of ether oxygens (including phenoxy) is 5. The van der Waals surface area contributed by atoms with Crippen molar-refractivity contribution in [3.8, 4) is 23.0 Å². The Balaban J connectivity index is 1.62. The summed E-state index contributed by atoms with van der Waals surface area (Å²) >= 11 is 0. The molecule has 6 nitrogen and oxygen atoms in total. The number of nitrogens with zero attached hydrogens (tertiary/aromatic N) is 1. The van der Waals surface area contributed by atoms with Crippen molar-refractivity contribution in [2.45, 2.75) is 19.1 Å². The zero-order valence-electron chi connectivity index (χ0n) is 16.2. The van der Waals surface area contributed by atoms with Crippen LogP contribution in [0.3, 0.4) is 0 Å². The Morgan fingerprint density at radius 1 is 0.964 bits per heavy atom. The average molecular weight is 383 g/mol. The van der Waals surface area contributed by atoms with E-state index in [0.29, 0.717) is 0 Å². The van der Waals surface area contributed by atoms with Gasteiger partial charge in [-0.15, -0.1) is 0 Å². The summed E-state index contributed by atoms with van der Waals surface area (Å²) in [6.07, 6.45) is -0.0355. The third kappa shape index (κ3) is 2.88. The monoisotopic (exact) mass is 383 g/mol. The molecule has 0 spiro atoms. The van der Waals surface area contributed by atoms with Gasteiger partial charge >= 0.3 is 0 Å². The maximum absolute atomic E-state index is 6.53. The van der Waals surface area contributed by atoms with Crippen LogP contribution in [-0.2, 0) is 4.74 Å². The van der Waals surface area contributed by atoms with Gasteiger partial charge in [0.25, 0.3) is 0 Å². The molecule has 2 aromatic carbocycles. The highest BCUT2D eigenvalue weighted by atomic mass is 16.7. The van der Waals surface area contributed by atoms with Gasteiger partial charge in [0.1, 0.15) is 11.5 Å². The largest absolute Gasteiger partial charge is 0.496 e. The smallest absolute Gasteiger partial charge is 0.231 e. The standard InChI is InChI=1S/C22H25NO5/c1-14-21(15-5-3-4-6-17(15)24-2)16-11-19-20(27-13-26-19)12-18(16)28-22(14)23-7-9-25-10-8-23/h3-6,11-12,14,21-22H,7-10,13H2,1-2H3/t14-,21-,22+/m1/s1. The molecular weight excluding hydrogens is 358 g/mol. The summed E-state index contributed by atoms with van der Waals surface area (Å²) in [6, 6.07) is 12.3. The van der Waals surface area contributed by atoms with Crippen molar-refractivity contribution >= 4 is 0 Å². The Morgan fingerprint density at radius 3 is 2.50 bits per heavy atom. The molecule has 0 N–H and O–H groups in total. The number of para-hydroxylation sites is 1. The zero-order valence-corrected chi connectivity index (χ0v) is 16.2. The number of benzene rings is 2. The average Bonchev–Trinajstić information content (AvgIpc) is 3.20. The van der Waals surface area contributed by atoms with Crippen LogP contribution < -0.4 is 18.9 Å². The van der Waals surface area contributed by atoms with Crippen LogP contribution in [0.1, 0.15) is 24.0 Å². The molecule has 0 bridgehead atoms. The number of fused-ring (bicyclic) bond motifs is 2.